The van der Waals surface area contributed by atoms with Gasteiger partial charge in [-0.2, -0.15) is 0 Å². The quantitative estimate of drug-likeness (QED) is 0.839. The molecule has 4 nitrogen and oxygen atoms in total. The summed E-state index contributed by atoms with van der Waals surface area (Å²) in [5.74, 6) is 0.797. The number of benzene rings is 2. The van der Waals surface area contributed by atoms with E-state index in [9.17, 15) is 4.79 Å². The molecule has 0 heterocycles. The van der Waals surface area contributed by atoms with Crippen LogP contribution in [0.2, 0.25) is 5.02 Å². The van der Waals surface area contributed by atoms with Gasteiger partial charge in [0.1, 0.15) is 5.75 Å². The van der Waals surface area contributed by atoms with E-state index in [1.807, 2.05) is 36.4 Å². The molecule has 2 aromatic carbocycles. The molecule has 1 aliphatic rings. The predicted octanol–water partition coefficient (Wildman–Crippen LogP) is 4.22. The smallest absolute Gasteiger partial charge is 0.317 e. The average molecular weight is 359 g/mol. The van der Waals surface area contributed by atoms with Gasteiger partial charge >= 0.3 is 6.03 Å². The van der Waals surface area contributed by atoms with Gasteiger partial charge in [-0.1, -0.05) is 35.9 Å². The Bertz CT molecular complexity index is 742. The fourth-order valence-corrected chi connectivity index (χ4v) is 3.14. The van der Waals surface area contributed by atoms with Crippen molar-refractivity contribution >= 4 is 17.6 Å². The molecule has 1 aliphatic carbocycles. The third-order valence-corrected chi connectivity index (χ3v) is 5.04. The number of rotatable bonds is 6. The molecule has 1 saturated carbocycles. The van der Waals surface area contributed by atoms with E-state index >= 15 is 0 Å². The SMILES string of the molecule is COc1cccc(CN(C)C(=O)NCC2(c3ccc(Cl)cc3)CC2)c1. The summed E-state index contributed by atoms with van der Waals surface area (Å²) in [5, 5.41) is 3.81. The molecule has 132 valence electrons. The van der Waals surface area contributed by atoms with Crippen LogP contribution in [0.3, 0.4) is 0 Å². The van der Waals surface area contributed by atoms with Crippen LogP contribution < -0.4 is 10.1 Å². The number of hydrogen-bond acceptors (Lipinski definition) is 2. The normalized spacial score (nSPS) is 14.7. The molecule has 2 aromatic rings. The van der Waals surface area contributed by atoms with E-state index in [-0.39, 0.29) is 11.4 Å². The van der Waals surface area contributed by atoms with Gasteiger partial charge in [0.2, 0.25) is 0 Å². The van der Waals surface area contributed by atoms with Crippen molar-refractivity contribution in [1.82, 2.24) is 10.2 Å². The van der Waals surface area contributed by atoms with Crippen molar-refractivity contribution in [3.63, 3.8) is 0 Å². The van der Waals surface area contributed by atoms with Crippen LogP contribution in [0.1, 0.15) is 24.0 Å². The summed E-state index contributed by atoms with van der Waals surface area (Å²) in [5.41, 5.74) is 2.35. The number of amides is 2. The van der Waals surface area contributed by atoms with Crippen molar-refractivity contribution in [2.24, 2.45) is 0 Å². The maximum atomic E-state index is 12.4. The summed E-state index contributed by atoms with van der Waals surface area (Å²) in [6, 6.07) is 15.6. The Morgan fingerprint density at radius 2 is 1.96 bits per heavy atom. The molecule has 5 heteroatoms. The Morgan fingerprint density at radius 3 is 2.60 bits per heavy atom. The van der Waals surface area contributed by atoms with Gasteiger partial charge < -0.3 is 15.0 Å². The maximum absolute atomic E-state index is 12.4. The van der Waals surface area contributed by atoms with Crippen molar-refractivity contribution in [3.05, 3.63) is 64.7 Å². The Morgan fingerprint density at radius 1 is 1.24 bits per heavy atom. The standard InChI is InChI=1S/C20H23ClN2O2/c1-23(13-15-4-3-5-18(12-15)25-2)19(24)22-14-20(10-11-20)16-6-8-17(21)9-7-16/h3-9,12H,10-11,13-14H2,1-2H3,(H,22,24). The molecule has 2 amide bonds. The van der Waals surface area contributed by atoms with Gasteiger partial charge in [0.15, 0.2) is 0 Å². The molecule has 0 aliphatic heterocycles. The average Bonchev–Trinajstić information content (AvgIpc) is 3.41. The van der Waals surface area contributed by atoms with Crippen LogP contribution in [0.15, 0.2) is 48.5 Å². The van der Waals surface area contributed by atoms with E-state index in [0.29, 0.717) is 13.1 Å². The number of ether oxygens (including phenoxy) is 1. The molecule has 3 rings (SSSR count). The highest BCUT2D eigenvalue weighted by Gasteiger charge is 2.44. The largest absolute Gasteiger partial charge is 0.497 e. The zero-order valence-corrected chi connectivity index (χ0v) is 15.3. The number of carbonyl (C=O) groups excluding carboxylic acids is 1. The second-order valence-corrected chi connectivity index (χ2v) is 7.09. The Kier molecular flexibility index (Phi) is 5.19. The first-order chi connectivity index (χ1) is 12.0. The van der Waals surface area contributed by atoms with Crippen LogP contribution in [-0.4, -0.2) is 31.6 Å². The van der Waals surface area contributed by atoms with Gasteiger partial charge in [-0.05, 0) is 48.2 Å². The van der Waals surface area contributed by atoms with E-state index in [4.69, 9.17) is 16.3 Å². The third kappa shape index (κ3) is 4.26. The molecule has 0 bridgehead atoms. The van der Waals surface area contributed by atoms with Crippen LogP contribution in [0.25, 0.3) is 0 Å². The molecule has 0 aromatic heterocycles. The number of methoxy groups -OCH3 is 1. The number of hydrogen-bond donors (Lipinski definition) is 1. The van der Waals surface area contributed by atoms with Crippen molar-refractivity contribution < 1.29 is 9.53 Å². The lowest BCUT2D eigenvalue weighted by atomic mass is 9.96. The minimum atomic E-state index is -0.0666. The molecule has 1 fully saturated rings. The first kappa shape index (κ1) is 17.6. The van der Waals surface area contributed by atoms with Gasteiger partial charge in [-0.15, -0.1) is 0 Å². The molecule has 0 spiro atoms. The highest BCUT2D eigenvalue weighted by molar-refractivity contribution is 6.30. The summed E-state index contributed by atoms with van der Waals surface area (Å²) in [7, 11) is 3.44. The minimum absolute atomic E-state index is 0.0665. The second-order valence-electron chi connectivity index (χ2n) is 6.65. The molecular formula is C20H23ClN2O2. The minimum Gasteiger partial charge on any atom is -0.497 e. The summed E-state index contributed by atoms with van der Waals surface area (Å²) in [6.45, 7) is 1.19. The Balaban J connectivity index is 1.56. The van der Waals surface area contributed by atoms with Gasteiger partial charge in [-0.25, -0.2) is 4.79 Å². The van der Waals surface area contributed by atoms with Crippen molar-refractivity contribution in [2.45, 2.75) is 24.8 Å². The molecule has 0 atom stereocenters. The van der Waals surface area contributed by atoms with Crippen LogP contribution in [-0.2, 0) is 12.0 Å². The number of halogens is 1. The fourth-order valence-electron chi connectivity index (χ4n) is 3.02. The van der Waals surface area contributed by atoms with Crippen molar-refractivity contribution in [3.8, 4) is 5.75 Å². The summed E-state index contributed by atoms with van der Waals surface area (Å²) in [6.07, 6.45) is 2.18. The van der Waals surface area contributed by atoms with E-state index in [2.05, 4.69) is 17.4 Å². The highest BCUT2D eigenvalue weighted by Crippen LogP contribution is 2.47. The first-order valence-electron chi connectivity index (χ1n) is 8.40. The molecule has 1 N–H and O–H groups in total. The molecule has 0 saturated heterocycles. The molecule has 25 heavy (non-hydrogen) atoms. The van der Waals surface area contributed by atoms with Gasteiger partial charge in [-0.3, -0.25) is 0 Å². The lowest BCUT2D eigenvalue weighted by Gasteiger charge is -2.22. The van der Waals surface area contributed by atoms with E-state index in [1.54, 1.807) is 19.1 Å². The zero-order chi connectivity index (χ0) is 17.9. The van der Waals surface area contributed by atoms with Crippen LogP contribution in [0.4, 0.5) is 4.79 Å². The topological polar surface area (TPSA) is 41.6 Å². The summed E-state index contributed by atoms with van der Waals surface area (Å²) < 4.78 is 5.23. The maximum Gasteiger partial charge on any atom is 0.317 e. The van der Waals surface area contributed by atoms with E-state index in [0.717, 1.165) is 29.2 Å². The zero-order valence-electron chi connectivity index (χ0n) is 14.6. The third-order valence-electron chi connectivity index (χ3n) is 4.79. The number of nitrogens with zero attached hydrogens (tertiary/aromatic N) is 1. The molecule has 0 unspecified atom stereocenters. The number of nitrogens with one attached hydrogen (secondary N) is 1. The molecule has 0 radical (unpaired) electrons. The van der Waals surface area contributed by atoms with Crippen LogP contribution in [0, 0.1) is 0 Å². The fraction of sp³-hybridized carbons (Fsp3) is 0.350. The summed E-state index contributed by atoms with van der Waals surface area (Å²) in [4.78, 5) is 14.1. The predicted molar refractivity (Wildman–Crippen MR) is 100 cm³/mol. The van der Waals surface area contributed by atoms with Gasteiger partial charge in [0, 0.05) is 30.6 Å². The van der Waals surface area contributed by atoms with E-state index < -0.39 is 0 Å². The van der Waals surface area contributed by atoms with Gasteiger partial charge in [0.25, 0.3) is 0 Å². The van der Waals surface area contributed by atoms with Crippen LogP contribution in [0.5, 0.6) is 5.75 Å². The lowest BCUT2D eigenvalue weighted by Crippen LogP contribution is -2.40. The van der Waals surface area contributed by atoms with Gasteiger partial charge in [0.05, 0.1) is 7.11 Å². The van der Waals surface area contributed by atoms with Crippen molar-refractivity contribution in [1.29, 1.82) is 0 Å². The Hall–Kier alpha value is -2.20. The number of carbonyl (C=O) groups is 1. The second kappa shape index (κ2) is 7.36. The molecular weight excluding hydrogens is 336 g/mol. The van der Waals surface area contributed by atoms with Crippen molar-refractivity contribution in [2.75, 3.05) is 20.7 Å². The Labute approximate surface area is 153 Å². The number of urea groups is 1. The lowest BCUT2D eigenvalue weighted by molar-refractivity contribution is 0.205. The highest BCUT2D eigenvalue weighted by atomic mass is 35.5. The van der Waals surface area contributed by atoms with Crippen LogP contribution >= 0.6 is 11.6 Å². The summed E-state index contributed by atoms with van der Waals surface area (Å²) >= 11 is 5.96. The van der Waals surface area contributed by atoms with E-state index in [1.165, 1.54) is 5.56 Å². The first-order valence-corrected chi connectivity index (χ1v) is 8.78. The monoisotopic (exact) mass is 358 g/mol.